The number of hydrogen-bond acceptors (Lipinski definition) is 5. The summed E-state index contributed by atoms with van der Waals surface area (Å²) in [6, 6.07) is 8.47. The van der Waals surface area contributed by atoms with Gasteiger partial charge in [-0.05, 0) is 55.7 Å². The second-order valence-corrected chi connectivity index (χ2v) is 8.53. The Morgan fingerprint density at radius 2 is 2.00 bits per heavy atom. The first-order valence-corrected chi connectivity index (χ1v) is 10.4. The maximum Gasteiger partial charge on any atom is 0.124 e. The molecule has 1 aromatic carbocycles. The highest BCUT2D eigenvalue weighted by Crippen LogP contribution is 2.40. The normalized spacial score (nSPS) is 17.3. The van der Waals surface area contributed by atoms with E-state index in [0.717, 1.165) is 33.9 Å². The van der Waals surface area contributed by atoms with Gasteiger partial charge in [-0.2, -0.15) is 0 Å². The Bertz CT molecular complexity index is 967. The SMILES string of the molecule is CCC(O)(c1ccc(F)cc1C)C(C)N1Cc2nc(-c3ccncc3)sc2C1. The van der Waals surface area contributed by atoms with E-state index in [2.05, 4.69) is 9.88 Å². The Morgan fingerprint density at radius 1 is 1.25 bits per heavy atom. The Kier molecular flexibility index (Phi) is 5.04. The van der Waals surface area contributed by atoms with Crippen molar-refractivity contribution in [2.45, 2.75) is 51.9 Å². The van der Waals surface area contributed by atoms with Crippen LogP contribution in [0.5, 0.6) is 0 Å². The third-order valence-corrected chi connectivity index (χ3v) is 6.97. The quantitative estimate of drug-likeness (QED) is 0.681. The van der Waals surface area contributed by atoms with E-state index >= 15 is 0 Å². The molecule has 0 saturated carbocycles. The van der Waals surface area contributed by atoms with Gasteiger partial charge in [0.2, 0.25) is 0 Å². The summed E-state index contributed by atoms with van der Waals surface area (Å²) in [5.41, 5.74) is 2.70. The smallest absolute Gasteiger partial charge is 0.124 e. The minimum atomic E-state index is -1.04. The number of hydrogen-bond donors (Lipinski definition) is 1. The molecule has 0 spiro atoms. The number of nitrogens with zero attached hydrogens (tertiary/aromatic N) is 3. The first kappa shape index (κ1) is 19.2. The third kappa shape index (κ3) is 3.26. The van der Waals surface area contributed by atoms with Crippen molar-refractivity contribution in [2.24, 2.45) is 0 Å². The van der Waals surface area contributed by atoms with Gasteiger partial charge >= 0.3 is 0 Å². The summed E-state index contributed by atoms with van der Waals surface area (Å²) >= 11 is 1.70. The van der Waals surface area contributed by atoms with Crippen LogP contribution in [0, 0.1) is 12.7 Å². The molecular formula is C22H24FN3OS. The summed E-state index contributed by atoms with van der Waals surface area (Å²) in [5, 5.41) is 12.6. The molecule has 1 aliphatic rings. The molecule has 0 aliphatic carbocycles. The number of aliphatic hydroxyl groups is 1. The number of fused-ring (bicyclic) bond motifs is 1. The molecule has 6 heteroatoms. The predicted octanol–water partition coefficient (Wildman–Crippen LogP) is 4.65. The zero-order chi connectivity index (χ0) is 19.9. The van der Waals surface area contributed by atoms with Gasteiger partial charge in [0.25, 0.3) is 0 Å². The molecule has 2 aromatic heterocycles. The number of aromatic nitrogens is 2. The summed E-state index contributed by atoms with van der Waals surface area (Å²) in [6.45, 7) is 7.36. The molecule has 1 N–H and O–H groups in total. The van der Waals surface area contributed by atoms with Crippen molar-refractivity contribution in [3.05, 3.63) is 70.2 Å². The fourth-order valence-electron chi connectivity index (χ4n) is 4.08. The molecule has 0 bridgehead atoms. The van der Waals surface area contributed by atoms with E-state index in [4.69, 9.17) is 4.98 Å². The second-order valence-electron chi connectivity index (χ2n) is 7.44. The molecular weight excluding hydrogens is 373 g/mol. The fraction of sp³-hybridized carbons (Fsp3) is 0.364. The van der Waals surface area contributed by atoms with Gasteiger partial charge in [-0.1, -0.05) is 13.0 Å². The van der Waals surface area contributed by atoms with E-state index in [1.54, 1.807) is 29.8 Å². The van der Waals surface area contributed by atoms with E-state index in [9.17, 15) is 9.50 Å². The van der Waals surface area contributed by atoms with E-state index in [0.29, 0.717) is 13.0 Å². The lowest BCUT2D eigenvalue weighted by molar-refractivity contribution is -0.0519. The molecule has 0 radical (unpaired) electrons. The van der Waals surface area contributed by atoms with E-state index in [1.807, 2.05) is 32.9 Å². The van der Waals surface area contributed by atoms with Crippen molar-refractivity contribution in [1.82, 2.24) is 14.9 Å². The van der Waals surface area contributed by atoms with Crippen LogP contribution in [-0.2, 0) is 18.7 Å². The molecule has 0 fully saturated rings. The van der Waals surface area contributed by atoms with Gasteiger partial charge in [0, 0.05) is 42.0 Å². The molecule has 0 saturated heterocycles. The van der Waals surface area contributed by atoms with Crippen LogP contribution in [0.3, 0.4) is 0 Å². The molecule has 1 aliphatic heterocycles. The number of aryl methyl sites for hydroxylation is 1. The minimum absolute atomic E-state index is 0.118. The first-order valence-electron chi connectivity index (χ1n) is 9.54. The van der Waals surface area contributed by atoms with Gasteiger partial charge < -0.3 is 5.11 Å². The van der Waals surface area contributed by atoms with Crippen LogP contribution >= 0.6 is 11.3 Å². The highest BCUT2D eigenvalue weighted by Gasteiger charge is 2.41. The first-order chi connectivity index (χ1) is 13.4. The molecule has 4 rings (SSSR count). The molecule has 4 nitrogen and oxygen atoms in total. The molecule has 3 heterocycles. The van der Waals surface area contributed by atoms with Crippen molar-refractivity contribution >= 4 is 11.3 Å². The summed E-state index contributed by atoms with van der Waals surface area (Å²) < 4.78 is 13.6. The van der Waals surface area contributed by atoms with Gasteiger partial charge in [-0.15, -0.1) is 11.3 Å². The van der Waals surface area contributed by atoms with Gasteiger partial charge in [0.1, 0.15) is 16.4 Å². The Balaban J connectivity index is 1.57. The predicted molar refractivity (Wildman–Crippen MR) is 109 cm³/mol. The van der Waals surface area contributed by atoms with E-state index < -0.39 is 5.60 Å². The Morgan fingerprint density at radius 3 is 2.64 bits per heavy atom. The van der Waals surface area contributed by atoms with Crippen molar-refractivity contribution in [1.29, 1.82) is 0 Å². The lowest BCUT2D eigenvalue weighted by Gasteiger charge is -2.40. The number of rotatable bonds is 5. The zero-order valence-electron chi connectivity index (χ0n) is 16.3. The number of pyridine rings is 1. The van der Waals surface area contributed by atoms with E-state index in [1.165, 1.54) is 17.0 Å². The molecule has 28 heavy (non-hydrogen) atoms. The molecule has 3 aromatic rings. The molecule has 146 valence electrons. The number of thiazole rings is 1. The maximum absolute atomic E-state index is 13.6. The summed E-state index contributed by atoms with van der Waals surface area (Å²) in [7, 11) is 0. The van der Waals surface area contributed by atoms with Crippen LogP contribution < -0.4 is 0 Å². The largest absolute Gasteiger partial charge is 0.384 e. The highest BCUT2D eigenvalue weighted by atomic mass is 32.1. The average molecular weight is 398 g/mol. The highest BCUT2D eigenvalue weighted by molar-refractivity contribution is 7.15. The Labute approximate surface area is 168 Å². The van der Waals surface area contributed by atoms with E-state index in [-0.39, 0.29) is 11.9 Å². The van der Waals surface area contributed by atoms with Gasteiger partial charge in [0.05, 0.1) is 5.69 Å². The monoisotopic (exact) mass is 397 g/mol. The second kappa shape index (κ2) is 7.35. The lowest BCUT2D eigenvalue weighted by atomic mass is 9.81. The third-order valence-electron chi connectivity index (χ3n) is 5.84. The van der Waals surface area contributed by atoms with Crippen LogP contribution in [0.25, 0.3) is 10.6 Å². The van der Waals surface area contributed by atoms with Gasteiger partial charge in [-0.3, -0.25) is 9.88 Å². The summed E-state index contributed by atoms with van der Waals surface area (Å²) in [5.74, 6) is -0.274. The maximum atomic E-state index is 13.6. The summed E-state index contributed by atoms with van der Waals surface area (Å²) in [4.78, 5) is 12.4. The van der Waals surface area contributed by atoms with Crippen LogP contribution in [-0.4, -0.2) is 26.0 Å². The van der Waals surface area contributed by atoms with Crippen molar-refractivity contribution in [2.75, 3.05) is 0 Å². The summed E-state index contributed by atoms with van der Waals surface area (Å²) in [6.07, 6.45) is 4.12. The van der Waals surface area contributed by atoms with Crippen LogP contribution in [0.15, 0.2) is 42.7 Å². The average Bonchev–Trinajstić information content (AvgIpc) is 3.27. The lowest BCUT2D eigenvalue weighted by Crippen LogP contribution is -2.47. The number of benzene rings is 1. The van der Waals surface area contributed by atoms with Crippen LogP contribution in [0.2, 0.25) is 0 Å². The van der Waals surface area contributed by atoms with Crippen molar-refractivity contribution in [3.8, 4) is 10.6 Å². The fourth-order valence-corrected chi connectivity index (χ4v) is 5.18. The van der Waals surface area contributed by atoms with Gasteiger partial charge in [-0.25, -0.2) is 9.37 Å². The molecule has 2 atom stereocenters. The standard InChI is InChI=1S/C22H24FN3OS/c1-4-22(27,18-6-5-17(23)11-14(18)2)15(3)26-12-19-20(13-26)28-21(25-19)16-7-9-24-10-8-16/h5-11,15,27H,4,12-13H2,1-3H3. The number of halogens is 1. The van der Waals surface area contributed by atoms with Gasteiger partial charge in [0.15, 0.2) is 0 Å². The topological polar surface area (TPSA) is 49.2 Å². The van der Waals surface area contributed by atoms with Crippen molar-refractivity contribution < 1.29 is 9.50 Å². The van der Waals surface area contributed by atoms with Crippen molar-refractivity contribution in [3.63, 3.8) is 0 Å². The molecule has 0 amide bonds. The minimum Gasteiger partial charge on any atom is -0.384 e. The van der Waals surface area contributed by atoms with Crippen LogP contribution in [0.1, 0.15) is 42.0 Å². The zero-order valence-corrected chi connectivity index (χ0v) is 17.1. The Hall–Kier alpha value is -2.15. The van der Waals surface area contributed by atoms with Crippen LogP contribution in [0.4, 0.5) is 4.39 Å². The molecule has 2 unspecified atom stereocenters.